The molecule has 0 spiro atoms. The minimum Gasteiger partial charge on any atom is -0.351 e. The van der Waals surface area contributed by atoms with E-state index in [1.807, 2.05) is 24.3 Å². The van der Waals surface area contributed by atoms with Crippen LogP contribution in [0, 0.1) is 0 Å². The summed E-state index contributed by atoms with van der Waals surface area (Å²) in [6.45, 7) is 0. The Labute approximate surface area is 150 Å². The number of hydrogen-bond donors (Lipinski definition) is 2. The van der Waals surface area contributed by atoms with Gasteiger partial charge in [-0.3, -0.25) is 4.79 Å². The van der Waals surface area contributed by atoms with E-state index in [1.54, 1.807) is 12.4 Å². The molecule has 1 fully saturated rings. The van der Waals surface area contributed by atoms with Gasteiger partial charge in [0.2, 0.25) is 5.95 Å². The van der Waals surface area contributed by atoms with Gasteiger partial charge in [-0.15, -0.1) is 0 Å². The molecule has 1 aromatic carbocycles. The monoisotopic (exact) mass is 388 g/mol. The molecule has 6 heteroatoms. The van der Waals surface area contributed by atoms with Gasteiger partial charge < -0.3 is 10.6 Å². The molecule has 0 aliphatic heterocycles. The second-order valence-corrected chi connectivity index (χ2v) is 7.00. The highest BCUT2D eigenvalue weighted by molar-refractivity contribution is 9.10. The van der Waals surface area contributed by atoms with E-state index in [1.165, 1.54) is 25.7 Å². The van der Waals surface area contributed by atoms with Gasteiger partial charge in [0, 0.05) is 28.6 Å². The summed E-state index contributed by atoms with van der Waals surface area (Å²) in [4.78, 5) is 20.8. The maximum Gasteiger partial charge on any atom is 0.258 e. The third-order valence-electron chi connectivity index (χ3n) is 4.20. The first-order valence-electron chi connectivity index (χ1n) is 8.36. The van der Waals surface area contributed by atoms with Crippen LogP contribution in [0.5, 0.6) is 0 Å². The number of benzene rings is 1. The summed E-state index contributed by atoms with van der Waals surface area (Å²) in [6, 6.07) is 7.88. The second-order valence-electron chi connectivity index (χ2n) is 6.09. The largest absolute Gasteiger partial charge is 0.351 e. The molecule has 0 radical (unpaired) electrons. The van der Waals surface area contributed by atoms with E-state index in [0.717, 1.165) is 23.0 Å². The Bertz CT molecular complexity index is 664. The molecular weight excluding hydrogens is 368 g/mol. The quantitative estimate of drug-likeness (QED) is 0.749. The fourth-order valence-electron chi connectivity index (χ4n) is 2.86. The van der Waals surface area contributed by atoms with Crippen LogP contribution in [-0.4, -0.2) is 21.9 Å². The molecule has 0 unspecified atom stereocenters. The zero-order chi connectivity index (χ0) is 16.8. The van der Waals surface area contributed by atoms with Crippen LogP contribution in [0.25, 0.3) is 0 Å². The standard InChI is InChI=1S/C18H21BrN4O/c19-14-7-9-16(10-8-14)22-17(24)13-11-20-18(21-12-13)23-15-5-3-1-2-4-6-15/h7-12,15H,1-6H2,(H,22,24)(H,20,21,23). The second kappa shape index (κ2) is 8.24. The van der Waals surface area contributed by atoms with Gasteiger partial charge in [-0.1, -0.05) is 41.6 Å². The molecule has 0 bridgehead atoms. The Morgan fingerprint density at radius 2 is 1.62 bits per heavy atom. The van der Waals surface area contributed by atoms with Gasteiger partial charge in [-0.05, 0) is 37.1 Å². The zero-order valence-electron chi connectivity index (χ0n) is 13.5. The zero-order valence-corrected chi connectivity index (χ0v) is 15.1. The lowest BCUT2D eigenvalue weighted by atomic mass is 10.1. The highest BCUT2D eigenvalue weighted by Crippen LogP contribution is 2.20. The van der Waals surface area contributed by atoms with E-state index in [2.05, 4.69) is 36.5 Å². The Hall–Kier alpha value is -1.95. The average Bonchev–Trinajstić information content (AvgIpc) is 2.86. The highest BCUT2D eigenvalue weighted by atomic mass is 79.9. The Kier molecular flexibility index (Phi) is 5.80. The van der Waals surface area contributed by atoms with Crippen molar-refractivity contribution in [3.63, 3.8) is 0 Å². The Balaban J connectivity index is 1.58. The summed E-state index contributed by atoms with van der Waals surface area (Å²) >= 11 is 3.37. The van der Waals surface area contributed by atoms with Crippen LogP contribution in [0.3, 0.4) is 0 Å². The van der Waals surface area contributed by atoms with E-state index in [9.17, 15) is 4.79 Å². The number of halogens is 1. The predicted octanol–water partition coefficient (Wildman–Crippen LogP) is 4.63. The smallest absolute Gasteiger partial charge is 0.258 e. The molecule has 2 aromatic rings. The Morgan fingerprint density at radius 3 is 2.25 bits per heavy atom. The first-order chi connectivity index (χ1) is 11.7. The van der Waals surface area contributed by atoms with Crippen molar-refractivity contribution in [1.29, 1.82) is 0 Å². The number of anilines is 2. The number of carbonyl (C=O) groups excluding carboxylic acids is 1. The fraction of sp³-hybridized carbons (Fsp3) is 0.389. The first kappa shape index (κ1) is 16.9. The molecule has 1 aliphatic carbocycles. The Morgan fingerprint density at radius 1 is 1.00 bits per heavy atom. The van der Waals surface area contributed by atoms with Gasteiger partial charge in [-0.25, -0.2) is 9.97 Å². The van der Waals surface area contributed by atoms with E-state index >= 15 is 0 Å². The minimum absolute atomic E-state index is 0.210. The molecule has 1 heterocycles. The van der Waals surface area contributed by atoms with E-state index < -0.39 is 0 Å². The number of aromatic nitrogens is 2. The van der Waals surface area contributed by atoms with Crippen LogP contribution < -0.4 is 10.6 Å². The van der Waals surface area contributed by atoms with Crippen molar-refractivity contribution in [1.82, 2.24) is 9.97 Å². The van der Waals surface area contributed by atoms with Crippen LogP contribution in [0.15, 0.2) is 41.1 Å². The summed E-state index contributed by atoms with van der Waals surface area (Å²) in [6.07, 6.45) is 10.6. The molecule has 24 heavy (non-hydrogen) atoms. The van der Waals surface area contributed by atoms with Crippen molar-refractivity contribution in [3.05, 3.63) is 46.7 Å². The number of amides is 1. The van der Waals surface area contributed by atoms with Crippen molar-refractivity contribution in [2.75, 3.05) is 10.6 Å². The number of nitrogens with one attached hydrogen (secondary N) is 2. The van der Waals surface area contributed by atoms with Crippen molar-refractivity contribution < 1.29 is 4.79 Å². The van der Waals surface area contributed by atoms with Gasteiger partial charge in [0.25, 0.3) is 5.91 Å². The van der Waals surface area contributed by atoms with Crippen LogP contribution >= 0.6 is 15.9 Å². The van der Waals surface area contributed by atoms with Crippen molar-refractivity contribution >= 4 is 33.5 Å². The third-order valence-corrected chi connectivity index (χ3v) is 4.73. The molecule has 0 saturated heterocycles. The normalized spacial score (nSPS) is 15.5. The number of carbonyl (C=O) groups is 1. The molecule has 1 amide bonds. The fourth-order valence-corrected chi connectivity index (χ4v) is 3.13. The van der Waals surface area contributed by atoms with Crippen molar-refractivity contribution in [3.8, 4) is 0 Å². The summed E-state index contributed by atoms with van der Waals surface area (Å²) in [7, 11) is 0. The predicted molar refractivity (Wildman–Crippen MR) is 99.2 cm³/mol. The van der Waals surface area contributed by atoms with E-state index in [0.29, 0.717) is 17.6 Å². The molecule has 2 N–H and O–H groups in total. The van der Waals surface area contributed by atoms with Gasteiger partial charge in [0.15, 0.2) is 0 Å². The summed E-state index contributed by atoms with van der Waals surface area (Å²) in [5.41, 5.74) is 1.19. The molecule has 1 saturated carbocycles. The first-order valence-corrected chi connectivity index (χ1v) is 9.15. The topological polar surface area (TPSA) is 66.9 Å². The van der Waals surface area contributed by atoms with E-state index in [-0.39, 0.29) is 5.91 Å². The van der Waals surface area contributed by atoms with Crippen LogP contribution in [0.4, 0.5) is 11.6 Å². The summed E-state index contributed by atoms with van der Waals surface area (Å²) < 4.78 is 0.970. The molecule has 126 valence electrons. The van der Waals surface area contributed by atoms with E-state index in [4.69, 9.17) is 0 Å². The third kappa shape index (κ3) is 4.77. The average molecular weight is 389 g/mol. The maximum atomic E-state index is 12.2. The summed E-state index contributed by atoms with van der Waals surface area (Å²) in [5.74, 6) is 0.389. The van der Waals surface area contributed by atoms with Gasteiger partial charge >= 0.3 is 0 Å². The maximum absolute atomic E-state index is 12.2. The lowest BCUT2D eigenvalue weighted by Gasteiger charge is -2.15. The minimum atomic E-state index is -0.210. The lowest BCUT2D eigenvalue weighted by Crippen LogP contribution is -2.20. The van der Waals surface area contributed by atoms with Gasteiger partial charge in [-0.2, -0.15) is 0 Å². The molecule has 3 rings (SSSR count). The highest BCUT2D eigenvalue weighted by Gasteiger charge is 2.13. The molecule has 1 aliphatic rings. The van der Waals surface area contributed by atoms with Crippen LogP contribution in [0.1, 0.15) is 48.9 Å². The molecular formula is C18H21BrN4O. The lowest BCUT2D eigenvalue weighted by molar-refractivity contribution is 0.102. The van der Waals surface area contributed by atoms with Crippen LogP contribution in [-0.2, 0) is 0 Å². The molecule has 5 nitrogen and oxygen atoms in total. The van der Waals surface area contributed by atoms with Gasteiger partial charge in [0.05, 0.1) is 5.56 Å². The number of nitrogens with zero attached hydrogens (tertiary/aromatic N) is 2. The van der Waals surface area contributed by atoms with Crippen LogP contribution in [0.2, 0.25) is 0 Å². The van der Waals surface area contributed by atoms with Gasteiger partial charge in [0.1, 0.15) is 0 Å². The molecule has 0 atom stereocenters. The van der Waals surface area contributed by atoms with Crippen molar-refractivity contribution in [2.45, 2.75) is 44.6 Å². The number of hydrogen-bond acceptors (Lipinski definition) is 4. The number of rotatable bonds is 4. The summed E-state index contributed by atoms with van der Waals surface area (Å²) in [5, 5.41) is 6.22. The SMILES string of the molecule is O=C(Nc1ccc(Br)cc1)c1cnc(NC2CCCCCC2)nc1. The molecule has 1 aromatic heterocycles. The van der Waals surface area contributed by atoms with Crippen molar-refractivity contribution in [2.24, 2.45) is 0 Å².